The first-order valence-corrected chi connectivity index (χ1v) is 7.57. The molecule has 0 atom stereocenters. The van der Waals surface area contributed by atoms with Gasteiger partial charge in [-0.3, -0.25) is 10.1 Å². The normalized spacial score (nSPS) is 10.9. The molecule has 2 aromatic carbocycles. The van der Waals surface area contributed by atoms with Crippen molar-refractivity contribution in [2.75, 3.05) is 5.32 Å². The molecule has 3 rings (SSSR count). The molecule has 1 amide bonds. The van der Waals surface area contributed by atoms with Crippen LogP contribution in [-0.2, 0) is 0 Å². The van der Waals surface area contributed by atoms with E-state index in [4.69, 9.17) is 0 Å². The minimum absolute atomic E-state index is 0.0619. The third-order valence-corrected chi connectivity index (χ3v) is 4.29. The maximum Gasteiger partial charge on any atom is 0.257 e. The van der Waals surface area contributed by atoms with Crippen LogP contribution in [0.5, 0.6) is 0 Å². The molecular weight excluding hydrogens is 381 g/mol. The summed E-state index contributed by atoms with van der Waals surface area (Å²) in [6.45, 7) is 0. The molecule has 3 aromatic rings. The quantitative estimate of drug-likeness (QED) is 0.647. The van der Waals surface area contributed by atoms with Gasteiger partial charge in [0.05, 0.1) is 4.70 Å². The number of carbonyl (C=O) groups excluding carboxylic acids is 1. The summed E-state index contributed by atoms with van der Waals surface area (Å²) in [5.74, 6) is -4.69. The Bertz CT molecular complexity index is 880. The molecule has 0 saturated heterocycles. The number of fused-ring (bicyclic) bond motifs is 1. The van der Waals surface area contributed by atoms with Crippen molar-refractivity contribution in [2.24, 2.45) is 0 Å². The van der Waals surface area contributed by atoms with Crippen LogP contribution >= 0.6 is 27.3 Å². The van der Waals surface area contributed by atoms with Gasteiger partial charge in [0.2, 0.25) is 0 Å². The number of rotatable bonds is 2. The number of benzene rings is 2. The molecule has 1 heterocycles. The first kappa shape index (κ1) is 15.0. The highest BCUT2D eigenvalue weighted by atomic mass is 79.9. The van der Waals surface area contributed by atoms with Gasteiger partial charge in [-0.1, -0.05) is 27.3 Å². The lowest BCUT2D eigenvalue weighted by Gasteiger charge is -2.01. The number of halogens is 4. The Labute approximate surface area is 134 Å². The minimum atomic E-state index is -1.58. The molecule has 22 heavy (non-hydrogen) atoms. The summed E-state index contributed by atoms with van der Waals surface area (Å²) in [4.78, 5) is 15.8. The third-order valence-electron chi connectivity index (χ3n) is 2.85. The SMILES string of the molecule is O=C(Nc1nc2c(F)c(F)c(F)cc2s1)c1ccc(Br)cc1. The van der Waals surface area contributed by atoms with E-state index in [0.717, 1.165) is 21.9 Å². The van der Waals surface area contributed by atoms with Gasteiger partial charge in [-0.2, -0.15) is 0 Å². The highest BCUT2D eigenvalue weighted by Crippen LogP contribution is 2.30. The number of hydrogen-bond donors (Lipinski definition) is 1. The molecule has 3 nitrogen and oxygen atoms in total. The predicted molar refractivity (Wildman–Crippen MR) is 81.6 cm³/mol. The minimum Gasteiger partial charge on any atom is -0.298 e. The summed E-state index contributed by atoms with van der Waals surface area (Å²) in [5.41, 5.74) is 0.0651. The van der Waals surface area contributed by atoms with Gasteiger partial charge in [0, 0.05) is 10.0 Å². The van der Waals surface area contributed by atoms with E-state index in [1.165, 1.54) is 0 Å². The van der Waals surface area contributed by atoms with E-state index >= 15 is 0 Å². The lowest BCUT2D eigenvalue weighted by molar-refractivity contribution is 0.102. The Hall–Kier alpha value is -1.93. The maximum atomic E-state index is 13.6. The second kappa shape index (κ2) is 5.69. The van der Waals surface area contributed by atoms with Crippen LogP contribution in [0.2, 0.25) is 0 Å². The molecule has 0 bridgehead atoms. The van der Waals surface area contributed by atoms with E-state index in [1.54, 1.807) is 24.3 Å². The third kappa shape index (κ3) is 2.71. The molecule has 0 fully saturated rings. The van der Waals surface area contributed by atoms with E-state index in [1.807, 2.05) is 0 Å². The van der Waals surface area contributed by atoms with E-state index in [9.17, 15) is 18.0 Å². The van der Waals surface area contributed by atoms with E-state index in [-0.39, 0.29) is 15.3 Å². The number of thiazole rings is 1. The predicted octanol–water partition coefficient (Wildman–Crippen LogP) is 4.73. The van der Waals surface area contributed by atoms with Crippen molar-refractivity contribution in [2.45, 2.75) is 0 Å². The number of carbonyl (C=O) groups is 1. The largest absolute Gasteiger partial charge is 0.298 e. The molecule has 8 heteroatoms. The van der Waals surface area contributed by atoms with Crippen LogP contribution in [0.1, 0.15) is 10.4 Å². The Morgan fingerprint density at radius 3 is 2.50 bits per heavy atom. The van der Waals surface area contributed by atoms with Crippen molar-refractivity contribution in [3.05, 3.63) is 57.8 Å². The van der Waals surface area contributed by atoms with E-state index in [0.29, 0.717) is 5.56 Å². The molecule has 112 valence electrons. The number of nitrogens with zero attached hydrogens (tertiary/aromatic N) is 1. The topological polar surface area (TPSA) is 42.0 Å². The average molecular weight is 387 g/mol. The van der Waals surface area contributed by atoms with Gasteiger partial charge in [0.25, 0.3) is 5.91 Å². The zero-order chi connectivity index (χ0) is 15.9. The highest BCUT2D eigenvalue weighted by molar-refractivity contribution is 9.10. The summed E-state index contributed by atoms with van der Waals surface area (Å²) in [6, 6.07) is 7.41. The number of nitrogens with one attached hydrogen (secondary N) is 1. The summed E-state index contributed by atoms with van der Waals surface area (Å²) >= 11 is 4.11. The first-order chi connectivity index (χ1) is 10.5. The summed E-state index contributed by atoms with van der Waals surface area (Å²) in [7, 11) is 0. The molecule has 0 radical (unpaired) electrons. The number of aromatic nitrogens is 1. The second-order valence-corrected chi connectivity index (χ2v) is 6.26. The second-order valence-electron chi connectivity index (χ2n) is 4.31. The van der Waals surface area contributed by atoms with Gasteiger partial charge in [0.1, 0.15) is 5.52 Å². The molecule has 1 aromatic heterocycles. The summed E-state index contributed by atoms with van der Waals surface area (Å²) < 4.78 is 40.8. The zero-order valence-corrected chi connectivity index (χ0v) is 13.1. The fourth-order valence-electron chi connectivity index (χ4n) is 1.80. The standard InChI is InChI=1S/C14H6BrF3N2OS/c15-7-3-1-6(2-4-7)13(21)20-14-19-12-9(22-14)5-8(16)10(17)11(12)18/h1-5H,(H,19,20,21). The summed E-state index contributed by atoms with van der Waals surface area (Å²) in [6.07, 6.45) is 0. The van der Waals surface area contributed by atoms with Crippen LogP contribution in [-0.4, -0.2) is 10.9 Å². The van der Waals surface area contributed by atoms with Crippen molar-refractivity contribution < 1.29 is 18.0 Å². The van der Waals surface area contributed by atoms with Crippen molar-refractivity contribution >= 4 is 48.5 Å². The van der Waals surface area contributed by atoms with Gasteiger partial charge in [0.15, 0.2) is 22.6 Å². The van der Waals surface area contributed by atoms with Crippen LogP contribution in [0.15, 0.2) is 34.8 Å². The fraction of sp³-hybridized carbons (Fsp3) is 0. The van der Waals surface area contributed by atoms with E-state index < -0.39 is 23.4 Å². The van der Waals surface area contributed by atoms with Crippen molar-refractivity contribution in [1.29, 1.82) is 0 Å². The molecule has 0 spiro atoms. The molecule has 0 aliphatic heterocycles. The molecule has 0 aliphatic rings. The highest BCUT2D eigenvalue weighted by Gasteiger charge is 2.18. The number of anilines is 1. The Morgan fingerprint density at radius 2 is 1.82 bits per heavy atom. The van der Waals surface area contributed by atoms with Gasteiger partial charge >= 0.3 is 0 Å². The van der Waals surface area contributed by atoms with Gasteiger partial charge in [-0.25, -0.2) is 18.2 Å². The van der Waals surface area contributed by atoms with Crippen LogP contribution in [0, 0.1) is 17.5 Å². The monoisotopic (exact) mass is 386 g/mol. The molecular formula is C14H6BrF3N2OS. The van der Waals surface area contributed by atoms with Crippen molar-refractivity contribution in [3.63, 3.8) is 0 Å². The Morgan fingerprint density at radius 1 is 1.14 bits per heavy atom. The van der Waals surface area contributed by atoms with Crippen molar-refractivity contribution in [3.8, 4) is 0 Å². The van der Waals surface area contributed by atoms with Gasteiger partial charge < -0.3 is 0 Å². The van der Waals surface area contributed by atoms with E-state index in [2.05, 4.69) is 26.2 Å². The van der Waals surface area contributed by atoms with Crippen LogP contribution in [0.25, 0.3) is 10.2 Å². The molecule has 0 unspecified atom stereocenters. The zero-order valence-electron chi connectivity index (χ0n) is 10.7. The molecule has 0 aliphatic carbocycles. The number of amides is 1. The smallest absolute Gasteiger partial charge is 0.257 e. The van der Waals surface area contributed by atoms with Crippen molar-refractivity contribution in [1.82, 2.24) is 4.98 Å². The average Bonchev–Trinajstić information content (AvgIpc) is 2.88. The maximum absolute atomic E-state index is 13.6. The van der Waals surface area contributed by atoms with Crippen LogP contribution in [0.3, 0.4) is 0 Å². The lowest BCUT2D eigenvalue weighted by Crippen LogP contribution is -2.11. The summed E-state index contributed by atoms with van der Waals surface area (Å²) in [5, 5.41) is 2.54. The Balaban J connectivity index is 1.93. The molecule has 0 saturated carbocycles. The van der Waals surface area contributed by atoms with Gasteiger partial charge in [-0.05, 0) is 30.3 Å². The lowest BCUT2D eigenvalue weighted by atomic mass is 10.2. The number of hydrogen-bond acceptors (Lipinski definition) is 3. The molecule has 1 N–H and O–H groups in total. The fourth-order valence-corrected chi connectivity index (χ4v) is 2.95. The van der Waals surface area contributed by atoms with Crippen LogP contribution < -0.4 is 5.32 Å². The van der Waals surface area contributed by atoms with Gasteiger partial charge in [-0.15, -0.1) is 0 Å². The first-order valence-electron chi connectivity index (χ1n) is 5.96. The van der Waals surface area contributed by atoms with Crippen LogP contribution in [0.4, 0.5) is 18.3 Å². The Kier molecular flexibility index (Phi) is 3.88.